The van der Waals surface area contributed by atoms with Crippen LogP contribution in [0, 0.1) is 11.3 Å². The maximum atomic E-state index is 11.8. The first-order valence-corrected chi connectivity index (χ1v) is 7.23. The molecule has 2 rings (SSSR count). The average Bonchev–Trinajstić information content (AvgIpc) is 2.94. The molecule has 1 aliphatic heterocycles. The summed E-state index contributed by atoms with van der Waals surface area (Å²) in [5.41, 5.74) is -1.52. The minimum absolute atomic E-state index is 0.0447. The maximum absolute atomic E-state index is 11.8. The van der Waals surface area contributed by atoms with Gasteiger partial charge < -0.3 is 19.9 Å². The van der Waals surface area contributed by atoms with E-state index in [1.807, 2.05) is 0 Å². The first-order chi connectivity index (χ1) is 9.73. The Morgan fingerprint density at radius 2 is 2.14 bits per heavy atom. The van der Waals surface area contributed by atoms with Gasteiger partial charge in [-0.05, 0) is 33.6 Å². The zero-order valence-corrected chi connectivity index (χ0v) is 12.7. The van der Waals surface area contributed by atoms with Gasteiger partial charge in [0.2, 0.25) is 0 Å². The number of carbonyl (C=O) groups excluding carboxylic acids is 1. The lowest BCUT2D eigenvalue weighted by molar-refractivity contribution is -0.149. The van der Waals surface area contributed by atoms with Gasteiger partial charge in [0.25, 0.3) is 0 Å². The number of carboxylic acids is 1. The largest absolute Gasteiger partial charge is 0.481 e. The number of carbonyl (C=O) groups is 2. The molecule has 2 aliphatic rings. The molecule has 0 bridgehead atoms. The van der Waals surface area contributed by atoms with Crippen molar-refractivity contribution in [1.82, 2.24) is 5.32 Å². The number of amides is 1. The summed E-state index contributed by atoms with van der Waals surface area (Å²) in [6, 6.07) is -0.323. The maximum Gasteiger partial charge on any atom is 0.408 e. The predicted molar refractivity (Wildman–Crippen MR) is 75.9 cm³/mol. The van der Waals surface area contributed by atoms with Crippen LogP contribution in [0.1, 0.15) is 33.6 Å². The third-order valence-electron chi connectivity index (χ3n) is 3.94. The van der Waals surface area contributed by atoms with Crippen LogP contribution in [0.3, 0.4) is 0 Å². The fourth-order valence-corrected chi connectivity index (χ4v) is 2.92. The Bertz CT molecular complexity index is 447. The molecule has 21 heavy (non-hydrogen) atoms. The number of nitrogens with one attached hydrogen (secondary N) is 1. The van der Waals surface area contributed by atoms with E-state index in [9.17, 15) is 14.7 Å². The Balaban J connectivity index is 2.00. The van der Waals surface area contributed by atoms with Crippen LogP contribution >= 0.6 is 0 Å². The molecule has 1 saturated heterocycles. The number of hydrogen-bond acceptors (Lipinski definition) is 4. The van der Waals surface area contributed by atoms with Crippen molar-refractivity contribution in [3.63, 3.8) is 0 Å². The fraction of sp³-hybridized carbons (Fsp3) is 0.733. The van der Waals surface area contributed by atoms with Crippen LogP contribution in [0.5, 0.6) is 0 Å². The lowest BCUT2D eigenvalue weighted by atomic mass is 9.74. The molecule has 0 spiro atoms. The molecule has 6 nitrogen and oxygen atoms in total. The van der Waals surface area contributed by atoms with Gasteiger partial charge in [-0.15, -0.1) is 0 Å². The van der Waals surface area contributed by atoms with E-state index < -0.39 is 23.1 Å². The molecule has 0 radical (unpaired) electrons. The second kappa shape index (κ2) is 5.67. The second-order valence-electron chi connectivity index (χ2n) is 6.72. The fourth-order valence-electron chi connectivity index (χ4n) is 2.92. The Labute approximate surface area is 124 Å². The zero-order chi connectivity index (χ0) is 15.7. The number of ether oxygens (including phenoxy) is 2. The lowest BCUT2D eigenvalue weighted by Crippen LogP contribution is -2.42. The second-order valence-corrected chi connectivity index (χ2v) is 6.72. The molecule has 0 aromatic carbocycles. The number of rotatable bonds is 3. The van der Waals surface area contributed by atoms with Crippen LogP contribution in [-0.4, -0.2) is 42.0 Å². The molecule has 0 saturated carbocycles. The standard InChI is InChI=1S/C15H23NO5/c1-14(2,3)21-13(19)16-11-4-6-15(8-11,12(17)18)10-5-7-20-9-10/h4,6,10-11H,5,7-9H2,1-3H3,(H,16,19)(H,17,18)/t10-,11+,15-/m0/s1. The molecule has 0 aromatic rings. The highest BCUT2D eigenvalue weighted by molar-refractivity contribution is 5.79. The van der Waals surface area contributed by atoms with Crippen LogP contribution in [0.2, 0.25) is 0 Å². The van der Waals surface area contributed by atoms with Crippen LogP contribution < -0.4 is 5.32 Å². The molecule has 1 fully saturated rings. The Kier molecular flexibility index (Phi) is 4.27. The van der Waals surface area contributed by atoms with Crippen molar-refractivity contribution in [2.45, 2.75) is 45.3 Å². The minimum Gasteiger partial charge on any atom is -0.481 e. The monoisotopic (exact) mass is 297 g/mol. The first-order valence-electron chi connectivity index (χ1n) is 7.23. The van der Waals surface area contributed by atoms with E-state index in [0.717, 1.165) is 6.42 Å². The Morgan fingerprint density at radius 1 is 1.43 bits per heavy atom. The number of alkyl carbamates (subject to hydrolysis) is 1. The van der Waals surface area contributed by atoms with E-state index in [0.29, 0.717) is 19.6 Å². The third kappa shape index (κ3) is 3.56. The van der Waals surface area contributed by atoms with E-state index in [1.165, 1.54) is 0 Å². The van der Waals surface area contributed by atoms with Crippen molar-refractivity contribution in [3.8, 4) is 0 Å². The molecule has 2 N–H and O–H groups in total. The molecule has 3 atom stereocenters. The summed E-state index contributed by atoms with van der Waals surface area (Å²) >= 11 is 0. The van der Waals surface area contributed by atoms with Gasteiger partial charge in [0, 0.05) is 12.5 Å². The summed E-state index contributed by atoms with van der Waals surface area (Å²) in [6.07, 6.45) is 4.00. The van der Waals surface area contributed by atoms with Gasteiger partial charge in [0.05, 0.1) is 18.1 Å². The number of aliphatic carboxylic acids is 1. The van der Waals surface area contributed by atoms with Crippen LogP contribution in [0.25, 0.3) is 0 Å². The highest BCUT2D eigenvalue weighted by Crippen LogP contribution is 2.43. The van der Waals surface area contributed by atoms with Gasteiger partial charge in [-0.2, -0.15) is 0 Å². The Hall–Kier alpha value is -1.56. The molecule has 0 aromatic heterocycles. The molecule has 1 aliphatic carbocycles. The Morgan fingerprint density at radius 3 is 2.67 bits per heavy atom. The summed E-state index contributed by atoms with van der Waals surface area (Å²) in [5, 5.41) is 12.3. The summed E-state index contributed by atoms with van der Waals surface area (Å²) < 4.78 is 10.5. The van der Waals surface area contributed by atoms with Gasteiger partial charge in [-0.25, -0.2) is 4.79 Å². The summed E-state index contributed by atoms with van der Waals surface area (Å²) in [7, 11) is 0. The SMILES string of the molecule is CC(C)(C)OC(=O)N[C@@H]1C=C[C@@](C(=O)O)([C@H]2CCOC2)C1. The molecular formula is C15H23NO5. The lowest BCUT2D eigenvalue weighted by Gasteiger charge is -2.29. The summed E-state index contributed by atoms with van der Waals surface area (Å²) in [6.45, 7) is 6.41. The zero-order valence-electron chi connectivity index (χ0n) is 12.7. The van der Waals surface area contributed by atoms with Crippen LogP contribution in [0.15, 0.2) is 12.2 Å². The van der Waals surface area contributed by atoms with Crippen molar-refractivity contribution >= 4 is 12.1 Å². The van der Waals surface area contributed by atoms with Crippen molar-refractivity contribution in [2.75, 3.05) is 13.2 Å². The van der Waals surface area contributed by atoms with E-state index in [1.54, 1.807) is 32.9 Å². The quantitative estimate of drug-likeness (QED) is 0.778. The molecule has 6 heteroatoms. The van der Waals surface area contributed by atoms with E-state index in [4.69, 9.17) is 9.47 Å². The topological polar surface area (TPSA) is 84.9 Å². The smallest absolute Gasteiger partial charge is 0.408 e. The minimum atomic E-state index is -0.948. The molecule has 1 amide bonds. The molecule has 0 unspecified atom stereocenters. The number of hydrogen-bond donors (Lipinski definition) is 2. The van der Waals surface area contributed by atoms with E-state index >= 15 is 0 Å². The van der Waals surface area contributed by atoms with E-state index in [-0.39, 0.29) is 12.0 Å². The van der Waals surface area contributed by atoms with Crippen LogP contribution in [-0.2, 0) is 14.3 Å². The van der Waals surface area contributed by atoms with Crippen LogP contribution in [0.4, 0.5) is 4.79 Å². The molecule has 118 valence electrons. The van der Waals surface area contributed by atoms with E-state index in [2.05, 4.69) is 5.32 Å². The summed E-state index contributed by atoms with van der Waals surface area (Å²) in [4.78, 5) is 23.5. The van der Waals surface area contributed by atoms with Gasteiger partial charge in [0.15, 0.2) is 0 Å². The van der Waals surface area contributed by atoms with Crippen molar-refractivity contribution in [2.24, 2.45) is 11.3 Å². The normalized spacial score (nSPS) is 32.1. The molecule has 1 heterocycles. The van der Waals surface area contributed by atoms with Crippen molar-refractivity contribution in [1.29, 1.82) is 0 Å². The van der Waals surface area contributed by atoms with Crippen molar-refractivity contribution in [3.05, 3.63) is 12.2 Å². The summed E-state index contributed by atoms with van der Waals surface area (Å²) in [5.74, 6) is -0.903. The highest BCUT2D eigenvalue weighted by Gasteiger charge is 2.49. The first kappa shape index (κ1) is 15.8. The van der Waals surface area contributed by atoms with Gasteiger partial charge in [-0.1, -0.05) is 12.2 Å². The number of carboxylic acid groups (broad SMARTS) is 1. The van der Waals surface area contributed by atoms with Gasteiger partial charge in [-0.3, -0.25) is 4.79 Å². The van der Waals surface area contributed by atoms with Gasteiger partial charge in [0.1, 0.15) is 5.60 Å². The van der Waals surface area contributed by atoms with Crippen molar-refractivity contribution < 1.29 is 24.2 Å². The molecular weight excluding hydrogens is 274 g/mol. The third-order valence-corrected chi connectivity index (χ3v) is 3.94. The van der Waals surface area contributed by atoms with Gasteiger partial charge >= 0.3 is 12.1 Å². The predicted octanol–water partition coefficient (Wildman–Crippen LogP) is 1.95. The average molecular weight is 297 g/mol. The highest BCUT2D eigenvalue weighted by atomic mass is 16.6.